The second-order valence-corrected chi connectivity index (χ2v) is 3.35. The summed E-state index contributed by atoms with van der Waals surface area (Å²) in [5.74, 6) is 0. The lowest BCUT2D eigenvalue weighted by atomic mass is 10.1. The number of para-hydroxylation sites is 1. The molecule has 0 unspecified atom stereocenters. The maximum atomic E-state index is 10.9. The van der Waals surface area contributed by atoms with Crippen LogP contribution in [0.3, 0.4) is 0 Å². The van der Waals surface area contributed by atoms with E-state index >= 15 is 0 Å². The van der Waals surface area contributed by atoms with Gasteiger partial charge < -0.3 is 14.8 Å². The minimum absolute atomic E-state index is 0.0105. The van der Waals surface area contributed by atoms with Gasteiger partial charge in [-0.15, -0.1) is 0 Å². The molecule has 18 heavy (non-hydrogen) atoms. The zero-order chi connectivity index (χ0) is 13.5. The van der Waals surface area contributed by atoms with Gasteiger partial charge in [0.25, 0.3) is 0 Å². The minimum Gasteiger partial charge on any atom is -0.374 e. The molecule has 0 bridgehead atoms. The molecule has 0 radical (unpaired) electrons. The van der Waals surface area contributed by atoms with Crippen molar-refractivity contribution in [3.63, 3.8) is 0 Å². The number of hydrogen-bond acceptors (Lipinski definition) is 6. The van der Waals surface area contributed by atoms with E-state index in [0.29, 0.717) is 0 Å². The van der Waals surface area contributed by atoms with Crippen molar-refractivity contribution in [2.75, 3.05) is 26.1 Å². The van der Waals surface area contributed by atoms with Crippen molar-refractivity contribution >= 4 is 11.4 Å². The predicted molar refractivity (Wildman–Crippen MR) is 64.1 cm³/mol. The highest BCUT2D eigenvalue weighted by Crippen LogP contribution is 2.27. The van der Waals surface area contributed by atoms with Gasteiger partial charge in [-0.3, -0.25) is 10.1 Å². The molecule has 0 atom stereocenters. The van der Waals surface area contributed by atoms with Crippen LogP contribution in [-0.2, 0) is 9.47 Å². The van der Waals surface area contributed by atoms with Crippen molar-refractivity contribution in [2.24, 2.45) is 0 Å². The fourth-order valence-corrected chi connectivity index (χ4v) is 1.43. The Morgan fingerprint density at radius 1 is 1.50 bits per heavy atom. The standard InChI is InChI=1S/C11H13N3O4/c1-17-10(18-2)7-13-9-5-3-4-8(6-12)11(9)14(15)16/h3-5,10,13H,7H2,1-2H3. The number of methoxy groups -OCH3 is 2. The van der Waals surface area contributed by atoms with Crippen LogP contribution in [0.1, 0.15) is 5.56 Å². The summed E-state index contributed by atoms with van der Waals surface area (Å²) in [4.78, 5) is 10.3. The Bertz CT molecular complexity index is 466. The average molecular weight is 251 g/mol. The molecule has 1 aromatic rings. The van der Waals surface area contributed by atoms with Crippen LogP contribution < -0.4 is 5.32 Å². The van der Waals surface area contributed by atoms with Crippen molar-refractivity contribution in [1.82, 2.24) is 0 Å². The van der Waals surface area contributed by atoms with E-state index in [2.05, 4.69) is 5.32 Å². The van der Waals surface area contributed by atoms with Gasteiger partial charge in [-0.25, -0.2) is 0 Å². The molecule has 0 amide bonds. The molecule has 1 rings (SSSR count). The normalized spacial score (nSPS) is 10.1. The molecular weight excluding hydrogens is 238 g/mol. The summed E-state index contributed by atoms with van der Waals surface area (Å²) in [6.07, 6.45) is -0.518. The maximum absolute atomic E-state index is 10.9. The first-order valence-corrected chi connectivity index (χ1v) is 5.11. The van der Waals surface area contributed by atoms with Crippen LogP contribution in [0.15, 0.2) is 18.2 Å². The second-order valence-electron chi connectivity index (χ2n) is 3.35. The molecule has 0 saturated heterocycles. The molecule has 1 aromatic carbocycles. The van der Waals surface area contributed by atoms with E-state index in [-0.39, 0.29) is 23.5 Å². The van der Waals surface area contributed by atoms with Crippen LogP contribution >= 0.6 is 0 Å². The molecule has 0 fully saturated rings. The van der Waals surface area contributed by atoms with E-state index in [1.54, 1.807) is 12.1 Å². The number of anilines is 1. The summed E-state index contributed by atoms with van der Waals surface area (Å²) in [5, 5.41) is 22.6. The third-order valence-corrected chi connectivity index (χ3v) is 2.32. The Morgan fingerprint density at radius 3 is 2.67 bits per heavy atom. The van der Waals surface area contributed by atoms with E-state index in [1.165, 1.54) is 26.4 Å². The molecule has 0 aliphatic heterocycles. The molecule has 7 nitrogen and oxygen atoms in total. The van der Waals surface area contributed by atoms with Crippen LogP contribution in [0.25, 0.3) is 0 Å². The Hall–Kier alpha value is -2.17. The third kappa shape index (κ3) is 3.16. The van der Waals surface area contributed by atoms with Crippen molar-refractivity contribution in [3.05, 3.63) is 33.9 Å². The number of nitro benzene ring substituents is 1. The van der Waals surface area contributed by atoms with E-state index in [9.17, 15) is 10.1 Å². The average Bonchev–Trinajstić information content (AvgIpc) is 2.39. The third-order valence-electron chi connectivity index (χ3n) is 2.32. The summed E-state index contributed by atoms with van der Waals surface area (Å²) in [7, 11) is 2.94. The molecule has 7 heteroatoms. The highest BCUT2D eigenvalue weighted by molar-refractivity contribution is 5.68. The topological polar surface area (TPSA) is 97.4 Å². The number of benzene rings is 1. The second kappa shape index (κ2) is 6.54. The number of rotatable bonds is 6. The van der Waals surface area contributed by atoms with Gasteiger partial charge in [0.1, 0.15) is 17.3 Å². The Balaban J connectivity index is 2.95. The fraction of sp³-hybridized carbons (Fsp3) is 0.364. The highest BCUT2D eigenvalue weighted by Gasteiger charge is 2.19. The number of hydrogen-bond donors (Lipinski definition) is 1. The number of ether oxygens (including phenoxy) is 2. The smallest absolute Gasteiger partial charge is 0.309 e. The minimum atomic E-state index is -0.588. The fourth-order valence-electron chi connectivity index (χ4n) is 1.43. The van der Waals surface area contributed by atoms with Crippen molar-refractivity contribution in [1.29, 1.82) is 5.26 Å². The molecule has 0 aromatic heterocycles. The molecule has 0 heterocycles. The maximum Gasteiger partial charge on any atom is 0.309 e. The zero-order valence-corrected chi connectivity index (χ0v) is 10.0. The van der Waals surface area contributed by atoms with Crippen LogP contribution in [0, 0.1) is 21.4 Å². The Morgan fingerprint density at radius 2 is 2.17 bits per heavy atom. The molecule has 0 aliphatic rings. The SMILES string of the molecule is COC(CNc1cccc(C#N)c1[N+](=O)[O-])OC. The van der Waals surface area contributed by atoms with Crippen molar-refractivity contribution in [3.8, 4) is 6.07 Å². The number of nitriles is 1. The van der Waals surface area contributed by atoms with Crippen molar-refractivity contribution < 1.29 is 14.4 Å². The van der Waals surface area contributed by atoms with Gasteiger partial charge in [0, 0.05) is 14.2 Å². The molecule has 0 saturated carbocycles. The van der Waals surface area contributed by atoms with Crippen molar-refractivity contribution in [2.45, 2.75) is 6.29 Å². The molecule has 0 spiro atoms. The highest BCUT2D eigenvalue weighted by atomic mass is 16.7. The van der Waals surface area contributed by atoms with E-state index in [4.69, 9.17) is 14.7 Å². The lowest BCUT2D eigenvalue weighted by molar-refractivity contribution is -0.384. The lowest BCUT2D eigenvalue weighted by Crippen LogP contribution is -2.24. The number of nitro groups is 1. The van der Waals surface area contributed by atoms with Crippen LogP contribution in [0.2, 0.25) is 0 Å². The van der Waals surface area contributed by atoms with Gasteiger partial charge in [-0.2, -0.15) is 5.26 Å². The van der Waals surface area contributed by atoms with Gasteiger partial charge in [0.2, 0.25) is 0 Å². The van der Waals surface area contributed by atoms with E-state index in [0.717, 1.165) is 0 Å². The Kier molecular flexibility index (Phi) is 5.05. The molecular formula is C11H13N3O4. The summed E-state index contributed by atoms with van der Waals surface area (Å²) in [6.45, 7) is 0.239. The molecule has 96 valence electrons. The lowest BCUT2D eigenvalue weighted by Gasteiger charge is -2.15. The first-order chi connectivity index (χ1) is 8.63. The van der Waals surface area contributed by atoms with E-state index < -0.39 is 11.2 Å². The van der Waals surface area contributed by atoms with E-state index in [1.807, 2.05) is 0 Å². The first kappa shape index (κ1) is 13.9. The summed E-state index contributed by atoms with van der Waals surface area (Å²) in [5.41, 5.74) is 0.0282. The van der Waals surface area contributed by atoms with Crippen LogP contribution in [0.4, 0.5) is 11.4 Å². The van der Waals surface area contributed by atoms with Gasteiger partial charge in [-0.1, -0.05) is 6.07 Å². The first-order valence-electron chi connectivity index (χ1n) is 5.11. The van der Waals surface area contributed by atoms with Gasteiger partial charge in [0.05, 0.1) is 11.5 Å². The van der Waals surface area contributed by atoms with Crippen LogP contribution in [-0.4, -0.2) is 32.0 Å². The Labute approximate surface area is 104 Å². The number of nitrogens with one attached hydrogen (secondary N) is 1. The van der Waals surface area contributed by atoms with Gasteiger partial charge >= 0.3 is 5.69 Å². The zero-order valence-electron chi connectivity index (χ0n) is 10.0. The largest absolute Gasteiger partial charge is 0.374 e. The van der Waals surface area contributed by atoms with Gasteiger partial charge in [-0.05, 0) is 12.1 Å². The summed E-state index contributed by atoms with van der Waals surface area (Å²) in [6, 6.07) is 6.29. The van der Waals surface area contributed by atoms with Gasteiger partial charge in [0.15, 0.2) is 6.29 Å². The quantitative estimate of drug-likeness (QED) is 0.467. The monoisotopic (exact) mass is 251 g/mol. The predicted octanol–water partition coefficient (Wildman–Crippen LogP) is 1.50. The number of nitrogens with zero attached hydrogens (tertiary/aromatic N) is 2. The molecule has 1 N–H and O–H groups in total. The summed E-state index contributed by atoms with van der Waals surface area (Å²) < 4.78 is 9.92. The van der Waals surface area contributed by atoms with Crippen LogP contribution in [0.5, 0.6) is 0 Å². The summed E-state index contributed by atoms with van der Waals surface area (Å²) >= 11 is 0. The molecule has 0 aliphatic carbocycles.